The van der Waals surface area contributed by atoms with Gasteiger partial charge in [0.15, 0.2) is 9.84 Å². The second-order valence-corrected chi connectivity index (χ2v) is 7.75. The summed E-state index contributed by atoms with van der Waals surface area (Å²) in [6, 6.07) is 1.77. The lowest BCUT2D eigenvalue weighted by Gasteiger charge is -2.23. The second-order valence-electron chi connectivity index (χ2n) is 5.10. The zero-order chi connectivity index (χ0) is 14.5. The summed E-state index contributed by atoms with van der Waals surface area (Å²) in [6.45, 7) is 6.59. The van der Waals surface area contributed by atoms with Gasteiger partial charge in [0, 0.05) is 25.4 Å². The van der Waals surface area contributed by atoms with E-state index in [1.807, 2.05) is 0 Å². The minimum atomic E-state index is -3.12. The molecule has 6 nitrogen and oxygen atoms in total. The van der Waals surface area contributed by atoms with Gasteiger partial charge in [-0.3, -0.25) is 0 Å². The highest BCUT2D eigenvalue weighted by Crippen LogP contribution is 2.16. The van der Waals surface area contributed by atoms with E-state index in [-0.39, 0.29) is 0 Å². The third kappa shape index (κ3) is 4.66. The number of anilines is 2. The number of sulfone groups is 1. The van der Waals surface area contributed by atoms with E-state index in [9.17, 15) is 8.42 Å². The molecule has 0 atom stereocenters. The van der Waals surface area contributed by atoms with Crippen molar-refractivity contribution < 1.29 is 8.42 Å². The molecule has 0 radical (unpaired) electrons. The van der Waals surface area contributed by atoms with E-state index in [0.29, 0.717) is 12.4 Å². The molecule has 0 bridgehead atoms. The molecule has 108 valence electrons. The van der Waals surface area contributed by atoms with Crippen LogP contribution < -0.4 is 10.6 Å². The third-order valence-electron chi connectivity index (χ3n) is 2.92. The summed E-state index contributed by atoms with van der Waals surface area (Å²) >= 11 is 0. The number of hydrogen-bond acceptors (Lipinski definition) is 6. The lowest BCUT2D eigenvalue weighted by molar-refractivity contribution is 0.559. The Hall–Kier alpha value is -1.37. The van der Waals surface area contributed by atoms with Crippen LogP contribution in [0.25, 0.3) is 0 Å². The van der Waals surface area contributed by atoms with E-state index >= 15 is 0 Å². The molecule has 0 aliphatic carbocycles. The molecule has 1 aromatic heterocycles. The van der Waals surface area contributed by atoms with Gasteiger partial charge in [-0.15, -0.1) is 0 Å². The van der Waals surface area contributed by atoms with Crippen molar-refractivity contribution in [3.63, 3.8) is 0 Å². The van der Waals surface area contributed by atoms with Gasteiger partial charge in [-0.05, 0) is 20.3 Å². The van der Waals surface area contributed by atoms with Gasteiger partial charge in [0.2, 0.25) is 0 Å². The van der Waals surface area contributed by atoms with Crippen molar-refractivity contribution in [2.45, 2.75) is 31.9 Å². The Labute approximate surface area is 115 Å². The molecule has 0 amide bonds. The first-order valence-electron chi connectivity index (χ1n) is 6.25. The molecule has 0 aromatic carbocycles. The lowest BCUT2D eigenvalue weighted by atomic mass is 10.2. The van der Waals surface area contributed by atoms with Gasteiger partial charge in [-0.2, -0.15) is 0 Å². The van der Waals surface area contributed by atoms with E-state index in [1.54, 1.807) is 19.9 Å². The Morgan fingerprint density at radius 1 is 1.21 bits per heavy atom. The van der Waals surface area contributed by atoms with Crippen LogP contribution in [0.2, 0.25) is 0 Å². The summed E-state index contributed by atoms with van der Waals surface area (Å²) in [5, 5.41) is 6.19. The molecule has 1 rings (SSSR count). The molecule has 0 aliphatic rings. The van der Waals surface area contributed by atoms with Crippen molar-refractivity contribution >= 4 is 21.5 Å². The van der Waals surface area contributed by atoms with Crippen LogP contribution in [0.3, 0.4) is 0 Å². The average Bonchev–Trinajstić information content (AvgIpc) is 2.33. The maximum Gasteiger partial charge on any atom is 0.154 e. The molecule has 2 N–H and O–H groups in total. The summed E-state index contributed by atoms with van der Waals surface area (Å²) < 4.78 is 22.4. The average molecular weight is 286 g/mol. The SMILES string of the molecule is CCCNc1cc(NCC(C)(C)S(C)(=O)=O)ncn1. The van der Waals surface area contributed by atoms with Crippen molar-refractivity contribution in [2.75, 3.05) is 30.0 Å². The van der Waals surface area contributed by atoms with Crippen molar-refractivity contribution in [2.24, 2.45) is 0 Å². The zero-order valence-electron chi connectivity index (χ0n) is 11.9. The fraction of sp³-hybridized carbons (Fsp3) is 0.667. The highest BCUT2D eigenvalue weighted by molar-refractivity contribution is 7.92. The predicted molar refractivity (Wildman–Crippen MR) is 78.2 cm³/mol. The fourth-order valence-electron chi connectivity index (χ4n) is 1.24. The van der Waals surface area contributed by atoms with Gasteiger partial charge in [0.05, 0.1) is 4.75 Å². The number of aromatic nitrogens is 2. The molecule has 1 aromatic rings. The quantitative estimate of drug-likeness (QED) is 0.791. The van der Waals surface area contributed by atoms with Crippen LogP contribution in [0.5, 0.6) is 0 Å². The molecule has 0 spiro atoms. The van der Waals surface area contributed by atoms with Gasteiger partial charge in [-0.25, -0.2) is 18.4 Å². The van der Waals surface area contributed by atoms with Gasteiger partial charge in [-0.1, -0.05) is 6.92 Å². The number of nitrogens with one attached hydrogen (secondary N) is 2. The largest absolute Gasteiger partial charge is 0.370 e. The van der Waals surface area contributed by atoms with Crippen molar-refractivity contribution in [3.05, 3.63) is 12.4 Å². The van der Waals surface area contributed by atoms with E-state index < -0.39 is 14.6 Å². The third-order valence-corrected chi connectivity index (χ3v) is 5.07. The first-order chi connectivity index (χ1) is 8.76. The normalized spacial score (nSPS) is 12.2. The topological polar surface area (TPSA) is 84.0 Å². The first kappa shape index (κ1) is 15.7. The second kappa shape index (κ2) is 6.18. The molecule has 7 heteroatoms. The molecular weight excluding hydrogens is 264 g/mol. The Morgan fingerprint density at radius 3 is 2.32 bits per heavy atom. The number of rotatable bonds is 7. The summed E-state index contributed by atoms with van der Waals surface area (Å²) in [5.74, 6) is 1.35. The van der Waals surface area contributed by atoms with Gasteiger partial charge in [0.1, 0.15) is 18.0 Å². The minimum Gasteiger partial charge on any atom is -0.370 e. The Bertz CT molecular complexity index is 514. The van der Waals surface area contributed by atoms with E-state index in [0.717, 1.165) is 18.8 Å². The Morgan fingerprint density at radius 2 is 1.79 bits per heavy atom. The monoisotopic (exact) mass is 286 g/mol. The molecule has 0 aliphatic heterocycles. The van der Waals surface area contributed by atoms with Crippen LogP contribution in [0.1, 0.15) is 27.2 Å². The van der Waals surface area contributed by atoms with Crippen LogP contribution in [-0.4, -0.2) is 42.5 Å². The van der Waals surface area contributed by atoms with E-state index in [2.05, 4.69) is 27.5 Å². The van der Waals surface area contributed by atoms with Gasteiger partial charge >= 0.3 is 0 Å². The molecule has 19 heavy (non-hydrogen) atoms. The molecule has 0 saturated carbocycles. The highest BCUT2D eigenvalue weighted by atomic mass is 32.2. The lowest BCUT2D eigenvalue weighted by Crippen LogP contribution is -2.38. The molecule has 1 heterocycles. The highest BCUT2D eigenvalue weighted by Gasteiger charge is 2.29. The van der Waals surface area contributed by atoms with Crippen molar-refractivity contribution in [3.8, 4) is 0 Å². The predicted octanol–water partition coefficient (Wildman–Crippen LogP) is 1.53. The zero-order valence-corrected chi connectivity index (χ0v) is 12.7. The van der Waals surface area contributed by atoms with Crippen LogP contribution in [0.4, 0.5) is 11.6 Å². The van der Waals surface area contributed by atoms with Crippen LogP contribution >= 0.6 is 0 Å². The van der Waals surface area contributed by atoms with E-state index in [4.69, 9.17) is 0 Å². The number of nitrogens with zero attached hydrogens (tertiary/aromatic N) is 2. The summed E-state index contributed by atoms with van der Waals surface area (Å²) in [4.78, 5) is 8.17. The Kier molecular flexibility index (Phi) is 5.11. The van der Waals surface area contributed by atoms with Crippen LogP contribution in [0.15, 0.2) is 12.4 Å². The molecule has 0 unspecified atom stereocenters. The van der Waals surface area contributed by atoms with Crippen molar-refractivity contribution in [1.29, 1.82) is 0 Å². The molecular formula is C12H22N4O2S. The number of hydrogen-bond donors (Lipinski definition) is 2. The maximum atomic E-state index is 11.6. The first-order valence-corrected chi connectivity index (χ1v) is 8.15. The summed E-state index contributed by atoms with van der Waals surface area (Å²) in [7, 11) is -3.12. The van der Waals surface area contributed by atoms with Crippen LogP contribution in [0, 0.1) is 0 Å². The van der Waals surface area contributed by atoms with Crippen molar-refractivity contribution in [1.82, 2.24) is 9.97 Å². The summed E-state index contributed by atoms with van der Waals surface area (Å²) in [5.41, 5.74) is 0. The van der Waals surface area contributed by atoms with Gasteiger partial charge < -0.3 is 10.6 Å². The van der Waals surface area contributed by atoms with Crippen LogP contribution in [-0.2, 0) is 9.84 Å². The summed E-state index contributed by atoms with van der Waals surface area (Å²) in [6.07, 6.45) is 3.70. The smallest absolute Gasteiger partial charge is 0.154 e. The standard InChI is InChI=1S/C12H22N4O2S/c1-5-6-13-10-7-11(16-9-15-10)14-8-12(2,3)19(4,17)18/h7,9H,5-6,8H2,1-4H3,(H2,13,14,15,16). The Balaban J connectivity index is 2.68. The minimum absolute atomic E-state index is 0.302. The van der Waals surface area contributed by atoms with E-state index in [1.165, 1.54) is 12.6 Å². The fourth-order valence-corrected chi connectivity index (χ4v) is 1.57. The molecule has 0 fully saturated rings. The van der Waals surface area contributed by atoms with Gasteiger partial charge in [0.25, 0.3) is 0 Å². The maximum absolute atomic E-state index is 11.6. The molecule has 0 saturated heterocycles.